The van der Waals surface area contributed by atoms with E-state index in [2.05, 4.69) is 15.9 Å². The number of halogens is 3. The summed E-state index contributed by atoms with van der Waals surface area (Å²) in [5.74, 6) is 2.51. The molecule has 38 heavy (non-hydrogen) atoms. The molecule has 3 aromatic carbocycles. The van der Waals surface area contributed by atoms with Crippen molar-refractivity contribution in [3.63, 3.8) is 0 Å². The van der Waals surface area contributed by atoms with Crippen molar-refractivity contribution in [2.45, 2.75) is 12.7 Å². The Morgan fingerprint density at radius 3 is 2.08 bits per heavy atom. The number of alkyl halides is 3. The normalized spacial score (nSPS) is 14.6. The van der Waals surface area contributed by atoms with Gasteiger partial charge in [-0.15, -0.1) is 0 Å². The zero-order valence-corrected chi connectivity index (χ0v) is 21.5. The number of furan rings is 1. The van der Waals surface area contributed by atoms with Crippen LogP contribution in [0.4, 0.5) is 18.9 Å². The number of anilines is 1. The minimum atomic E-state index is -4.38. The minimum Gasteiger partial charge on any atom is -0.493 e. The maximum absolute atomic E-state index is 12.9. The monoisotopic (exact) mass is 526 g/mol. The van der Waals surface area contributed by atoms with Gasteiger partial charge in [0, 0.05) is 55.4 Å². The van der Waals surface area contributed by atoms with Crippen molar-refractivity contribution in [1.82, 2.24) is 4.90 Å². The van der Waals surface area contributed by atoms with Gasteiger partial charge in [0.25, 0.3) is 0 Å². The second-order valence-electron chi connectivity index (χ2n) is 9.20. The number of benzene rings is 3. The summed E-state index contributed by atoms with van der Waals surface area (Å²) < 4.78 is 61.2. The molecule has 200 valence electrons. The van der Waals surface area contributed by atoms with Gasteiger partial charge in [-0.25, -0.2) is 0 Å². The van der Waals surface area contributed by atoms with Crippen molar-refractivity contribution in [2.24, 2.45) is 0 Å². The van der Waals surface area contributed by atoms with E-state index in [1.165, 1.54) is 12.1 Å². The molecule has 1 aliphatic heterocycles. The zero-order valence-electron chi connectivity index (χ0n) is 21.5. The fourth-order valence-corrected chi connectivity index (χ4v) is 4.83. The van der Waals surface area contributed by atoms with Gasteiger partial charge < -0.3 is 23.5 Å². The molecule has 1 fully saturated rings. The van der Waals surface area contributed by atoms with Crippen molar-refractivity contribution in [2.75, 3.05) is 52.4 Å². The number of nitrogens with zero attached hydrogens (tertiary/aromatic N) is 2. The maximum atomic E-state index is 12.9. The molecule has 2 heterocycles. The van der Waals surface area contributed by atoms with Gasteiger partial charge in [-0.2, -0.15) is 13.2 Å². The lowest BCUT2D eigenvalue weighted by molar-refractivity contribution is -0.137. The third-order valence-electron chi connectivity index (χ3n) is 6.87. The summed E-state index contributed by atoms with van der Waals surface area (Å²) in [5, 5.41) is 0.846. The number of ether oxygens (including phenoxy) is 3. The topological polar surface area (TPSA) is 47.3 Å². The predicted molar refractivity (Wildman–Crippen MR) is 140 cm³/mol. The largest absolute Gasteiger partial charge is 0.493 e. The van der Waals surface area contributed by atoms with E-state index < -0.39 is 11.7 Å². The molecule has 0 saturated carbocycles. The standard InChI is InChI=1S/C29H29F3N2O4/c1-35-24-9-8-23(17-26(24)36-2)34-12-10-33(11-13-34)18-19-14-21-16-25(38-28(21)27(15-19)37-3)20-4-6-22(7-5-20)29(30,31)32/h4-9,14-17H,10-13,18H2,1-3H3. The molecule has 1 aromatic heterocycles. The first-order chi connectivity index (χ1) is 18.3. The zero-order chi connectivity index (χ0) is 26.9. The van der Waals surface area contributed by atoms with Crippen molar-refractivity contribution in [1.29, 1.82) is 0 Å². The Kier molecular flexibility index (Phi) is 7.12. The second kappa shape index (κ2) is 10.5. The third kappa shape index (κ3) is 5.24. The van der Waals surface area contributed by atoms with Crippen LogP contribution in [0, 0.1) is 0 Å². The maximum Gasteiger partial charge on any atom is 0.416 e. The minimum absolute atomic E-state index is 0.493. The fourth-order valence-electron chi connectivity index (χ4n) is 4.83. The van der Waals surface area contributed by atoms with E-state index in [-0.39, 0.29) is 0 Å². The van der Waals surface area contributed by atoms with Gasteiger partial charge in [-0.05, 0) is 48.0 Å². The first kappa shape index (κ1) is 25.8. The average Bonchev–Trinajstić information content (AvgIpc) is 3.36. The summed E-state index contributed by atoms with van der Waals surface area (Å²) in [6, 6.07) is 16.8. The molecule has 4 aromatic rings. The van der Waals surface area contributed by atoms with Crippen LogP contribution in [0.5, 0.6) is 17.2 Å². The Bertz CT molecular complexity index is 1410. The first-order valence-electron chi connectivity index (χ1n) is 12.3. The van der Waals surface area contributed by atoms with Gasteiger partial charge in [0.1, 0.15) is 5.76 Å². The van der Waals surface area contributed by atoms with E-state index in [0.29, 0.717) is 34.2 Å². The van der Waals surface area contributed by atoms with Crippen molar-refractivity contribution in [3.05, 3.63) is 71.8 Å². The van der Waals surface area contributed by atoms with Crippen LogP contribution in [-0.4, -0.2) is 52.4 Å². The van der Waals surface area contributed by atoms with Gasteiger partial charge in [0.2, 0.25) is 0 Å². The molecular weight excluding hydrogens is 497 g/mol. The second-order valence-corrected chi connectivity index (χ2v) is 9.20. The highest BCUT2D eigenvalue weighted by atomic mass is 19.4. The van der Waals surface area contributed by atoms with Crippen LogP contribution < -0.4 is 19.1 Å². The number of methoxy groups -OCH3 is 3. The Morgan fingerprint density at radius 2 is 1.45 bits per heavy atom. The van der Waals surface area contributed by atoms with E-state index in [1.807, 2.05) is 30.3 Å². The summed E-state index contributed by atoms with van der Waals surface area (Å²) in [4.78, 5) is 4.71. The number of hydrogen-bond donors (Lipinski definition) is 0. The first-order valence-corrected chi connectivity index (χ1v) is 12.3. The molecule has 0 N–H and O–H groups in total. The summed E-state index contributed by atoms with van der Waals surface area (Å²) in [6.07, 6.45) is -4.38. The molecule has 1 saturated heterocycles. The highest BCUT2D eigenvalue weighted by Gasteiger charge is 2.30. The van der Waals surface area contributed by atoms with E-state index >= 15 is 0 Å². The molecule has 0 spiro atoms. The van der Waals surface area contributed by atoms with E-state index in [1.54, 1.807) is 21.3 Å². The summed E-state index contributed by atoms with van der Waals surface area (Å²) in [7, 11) is 4.85. The quantitative estimate of drug-likeness (QED) is 0.275. The number of rotatable bonds is 7. The number of piperazine rings is 1. The molecule has 0 aliphatic carbocycles. The van der Waals surface area contributed by atoms with Crippen LogP contribution in [0.25, 0.3) is 22.3 Å². The Morgan fingerprint density at radius 1 is 0.763 bits per heavy atom. The SMILES string of the molecule is COc1ccc(N2CCN(Cc3cc(OC)c4oc(-c5ccc(C(F)(F)F)cc5)cc4c3)CC2)cc1OC. The summed E-state index contributed by atoms with van der Waals surface area (Å²) in [5.41, 5.74) is 2.63. The molecule has 0 bridgehead atoms. The third-order valence-corrected chi connectivity index (χ3v) is 6.87. The molecule has 5 rings (SSSR count). The van der Waals surface area contributed by atoms with Gasteiger partial charge in [0.15, 0.2) is 22.8 Å². The molecule has 0 unspecified atom stereocenters. The summed E-state index contributed by atoms with van der Waals surface area (Å²) in [6.45, 7) is 4.26. The smallest absolute Gasteiger partial charge is 0.416 e. The van der Waals surface area contributed by atoms with Gasteiger partial charge >= 0.3 is 6.18 Å². The molecule has 0 amide bonds. The number of fused-ring (bicyclic) bond motifs is 1. The Balaban J connectivity index is 1.30. The van der Waals surface area contributed by atoms with Gasteiger partial charge in [-0.3, -0.25) is 4.90 Å². The molecule has 6 nitrogen and oxygen atoms in total. The van der Waals surface area contributed by atoms with Crippen molar-refractivity contribution < 1.29 is 31.8 Å². The van der Waals surface area contributed by atoms with Crippen molar-refractivity contribution >= 4 is 16.7 Å². The molecule has 1 aliphatic rings. The molecule has 9 heteroatoms. The average molecular weight is 527 g/mol. The van der Waals surface area contributed by atoms with E-state index in [4.69, 9.17) is 18.6 Å². The highest BCUT2D eigenvalue weighted by Crippen LogP contribution is 2.37. The molecular formula is C29H29F3N2O4. The van der Waals surface area contributed by atoms with Crippen LogP contribution in [0.3, 0.4) is 0 Å². The van der Waals surface area contributed by atoms with Gasteiger partial charge in [0.05, 0.1) is 26.9 Å². The van der Waals surface area contributed by atoms with Crippen LogP contribution in [0.2, 0.25) is 0 Å². The highest BCUT2D eigenvalue weighted by molar-refractivity contribution is 5.88. The van der Waals surface area contributed by atoms with Crippen LogP contribution in [0.1, 0.15) is 11.1 Å². The predicted octanol–water partition coefficient (Wildman–Crippen LogP) is 6.47. The molecule has 0 atom stereocenters. The van der Waals surface area contributed by atoms with E-state index in [9.17, 15) is 13.2 Å². The fraction of sp³-hybridized carbons (Fsp3) is 0.310. The van der Waals surface area contributed by atoms with Crippen LogP contribution in [-0.2, 0) is 12.7 Å². The van der Waals surface area contributed by atoms with E-state index in [0.717, 1.165) is 61.5 Å². The van der Waals surface area contributed by atoms with Crippen LogP contribution in [0.15, 0.2) is 65.1 Å². The Hall–Kier alpha value is -3.85. The lowest BCUT2D eigenvalue weighted by Gasteiger charge is -2.36. The van der Waals surface area contributed by atoms with Crippen LogP contribution >= 0.6 is 0 Å². The van der Waals surface area contributed by atoms with Gasteiger partial charge in [-0.1, -0.05) is 12.1 Å². The lowest BCUT2D eigenvalue weighted by atomic mass is 10.1. The molecule has 0 radical (unpaired) electrons. The summed E-state index contributed by atoms with van der Waals surface area (Å²) >= 11 is 0. The lowest BCUT2D eigenvalue weighted by Crippen LogP contribution is -2.45. The Labute approximate surface area is 219 Å². The van der Waals surface area contributed by atoms with Crippen molar-refractivity contribution in [3.8, 4) is 28.6 Å². The number of hydrogen-bond acceptors (Lipinski definition) is 6.